The number of carbonyl (C=O) groups excluding carboxylic acids is 1. The summed E-state index contributed by atoms with van der Waals surface area (Å²) in [7, 11) is 1.46. The number of pyridine rings is 2. The number of fused-ring (bicyclic) bond motifs is 5. The van der Waals surface area contributed by atoms with Crippen molar-refractivity contribution in [3.8, 4) is 22.9 Å². The number of aliphatic hydroxyl groups is 1. The lowest BCUT2D eigenvalue weighted by atomic mass is 9.86. The lowest BCUT2D eigenvalue weighted by Gasteiger charge is -2.31. The highest BCUT2D eigenvalue weighted by Gasteiger charge is 2.45. The molecule has 29 heavy (non-hydrogen) atoms. The third kappa shape index (κ3) is 2.20. The molecule has 8 heteroatoms. The van der Waals surface area contributed by atoms with E-state index in [4.69, 9.17) is 9.47 Å². The van der Waals surface area contributed by atoms with Crippen LogP contribution >= 0.6 is 0 Å². The van der Waals surface area contributed by atoms with Gasteiger partial charge in [0.25, 0.3) is 5.56 Å². The molecule has 0 radical (unpaired) electrons. The van der Waals surface area contributed by atoms with E-state index in [1.165, 1.54) is 7.11 Å². The summed E-state index contributed by atoms with van der Waals surface area (Å²) in [4.78, 5) is 29.9. The van der Waals surface area contributed by atoms with Gasteiger partial charge in [-0.25, -0.2) is 9.78 Å². The van der Waals surface area contributed by atoms with E-state index in [-0.39, 0.29) is 35.5 Å². The smallest absolute Gasteiger partial charge is 0.343 e. The molecule has 1 atom stereocenters. The molecule has 0 spiro atoms. The van der Waals surface area contributed by atoms with Gasteiger partial charge < -0.3 is 24.3 Å². The van der Waals surface area contributed by atoms with Crippen molar-refractivity contribution >= 4 is 16.9 Å². The first-order chi connectivity index (χ1) is 13.9. The number of ether oxygens (including phenoxy) is 2. The number of nitrogens with zero attached hydrogens (tertiary/aromatic N) is 2. The number of aromatic hydroxyl groups is 1. The average molecular weight is 394 g/mol. The van der Waals surface area contributed by atoms with Crippen LogP contribution in [0.15, 0.2) is 29.1 Å². The molecule has 5 rings (SSSR count). The van der Waals surface area contributed by atoms with Gasteiger partial charge in [0.2, 0.25) is 0 Å². The molecule has 0 bridgehead atoms. The van der Waals surface area contributed by atoms with Crippen LogP contribution in [0.4, 0.5) is 0 Å². The lowest BCUT2D eigenvalue weighted by molar-refractivity contribution is -0.172. The van der Waals surface area contributed by atoms with Crippen LogP contribution in [0.3, 0.4) is 0 Å². The minimum atomic E-state index is -1.87. The number of esters is 1. The number of carbonyl (C=O) groups is 1. The number of hydrogen-bond acceptors (Lipinski definition) is 7. The van der Waals surface area contributed by atoms with Gasteiger partial charge >= 0.3 is 5.97 Å². The highest BCUT2D eigenvalue weighted by atomic mass is 16.6. The number of hydrogen-bond donors (Lipinski definition) is 2. The number of benzene rings is 1. The van der Waals surface area contributed by atoms with E-state index in [0.717, 1.165) is 10.9 Å². The first kappa shape index (κ1) is 17.7. The molecule has 1 aromatic carbocycles. The molecule has 0 amide bonds. The van der Waals surface area contributed by atoms with Crippen molar-refractivity contribution in [3.63, 3.8) is 0 Å². The molecule has 0 saturated heterocycles. The standard InChI is InChI=1S/C21H18N2O6/c1-3-21(27)13-7-14-16-11(8-23(14)19(25)12(13)9-29-20(21)26)6-10-4-5-15(28-2)18(24)17(10)22-16/h4-7,24,27H,3,8-9H2,1-2H3/t21-/m0/s1. The van der Waals surface area contributed by atoms with Gasteiger partial charge in [0.1, 0.15) is 12.1 Å². The normalized spacial score (nSPS) is 19.5. The largest absolute Gasteiger partial charge is 0.503 e. The Balaban J connectivity index is 1.80. The van der Waals surface area contributed by atoms with Gasteiger partial charge in [0.05, 0.1) is 30.6 Å². The molecule has 2 N–H and O–H groups in total. The molecular weight excluding hydrogens is 376 g/mol. The van der Waals surface area contributed by atoms with E-state index in [2.05, 4.69) is 4.98 Å². The van der Waals surface area contributed by atoms with Gasteiger partial charge in [-0.3, -0.25) is 4.79 Å². The number of aromatic nitrogens is 2. The van der Waals surface area contributed by atoms with E-state index < -0.39 is 11.6 Å². The predicted octanol–water partition coefficient (Wildman–Crippen LogP) is 1.79. The highest BCUT2D eigenvalue weighted by molar-refractivity contribution is 5.90. The second-order valence-corrected chi connectivity index (χ2v) is 7.29. The van der Waals surface area contributed by atoms with Crippen molar-refractivity contribution in [3.05, 3.63) is 51.3 Å². The molecule has 2 aromatic heterocycles. The molecule has 4 heterocycles. The quantitative estimate of drug-likeness (QED) is 0.499. The van der Waals surface area contributed by atoms with Crippen LogP contribution in [0.1, 0.15) is 30.0 Å². The van der Waals surface area contributed by atoms with E-state index in [1.807, 2.05) is 6.07 Å². The maximum Gasteiger partial charge on any atom is 0.343 e. The molecular formula is C21H18N2O6. The van der Waals surface area contributed by atoms with E-state index in [0.29, 0.717) is 29.2 Å². The van der Waals surface area contributed by atoms with Crippen molar-refractivity contribution in [2.24, 2.45) is 0 Å². The van der Waals surface area contributed by atoms with Crippen LogP contribution < -0.4 is 10.3 Å². The topological polar surface area (TPSA) is 111 Å². The Morgan fingerprint density at radius 1 is 1.31 bits per heavy atom. The van der Waals surface area contributed by atoms with Gasteiger partial charge in [-0.15, -0.1) is 0 Å². The first-order valence-electron chi connectivity index (χ1n) is 9.25. The van der Waals surface area contributed by atoms with Gasteiger partial charge in [-0.1, -0.05) is 6.92 Å². The predicted molar refractivity (Wildman–Crippen MR) is 103 cm³/mol. The Labute approximate surface area is 165 Å². The summed E-state index contributed by atoms with van der Waals surface area (Å²) in [6, 6.07) is 6.96. The Morgan fingerprint density at radius 2 is 2.10 bits per heavy atom. The Hall–Kier alpha value is -3.39. The van der Waals surface area contributed by atoms with Crippen molar-refractivity contribution < 1.29 is 24.5 Å². The lowest BCUT2D eigenvalue weighted by Crippen LogP contribution is -2.44. The Kier molecular flexibility index (Phi) is 3.54. The molecule has 8 nitrogen and oxygen atoms in total. The fraction of sp³-hybridized carbons (Fsp3) is 0.286. The summed E-state index contributed by atoms with van der Waals surface area (Å²) in [6.45, 7) is 1.80. The van der Waals surface area contributed by atoms with Crippen LogP contribution in [0.5, 0.6) is 11.5 Å². The second-order valence-electron chi connectivity index (χ2n) is 7.29. The maximum absolute atomic E-state index is 13.1. The number of methoxy groups -OCH3 is 1. The fourth-order valence-corrected chi connectivity index (χ4v) is 4.18. The zero-order chi connectivity index (χ0) is 20.5. The van der Waals surface area contributed by atoms with Gasteiger partial charge in [-0.2, -0.15) is 0 Å². The van der Waals surface area contributed by atoms with Crippen LogP contribution in [0.25, 0.3) is 22.3 Å². The summed E-state index contributed by atoms with van der Waals surface area (Å²) in [6.07, 6.45) is 0.0811. The molecule has 0 aliphatic carbocycles. The fourth-order valence-electron chi connectivity index (χ4n) is 4.18. The number of cyclic esters (lactones) is 1. The van der Waals surface area contributed by atoms with E-state index in [9.17, 15) is 19.8 Å². The summed E-state index contributed by atoms with van der Waals surface area (Å²) >= 11 is 0. The zero-order valence-corrected chi connectivity index (χ0v) is 15.9. The van der Waals surface area contributed by atoms with Crippen molar-refractivity contribution in [1.29, 1.82) is 0 Å². The SMILES string of the molecule is CC[C@@]1(O)C(=O)OCc2c1cc1n(c2=O)Cc2cc3ccc(OC)c(O)c3nc2-1. The zero-order valence-electron chi connectivity index (χ0n) is 15.9. The summed E-state index contributed by atoms with van der Waals surface area (Å²) < 4.78 is 11.8. The molecule has 0 unspecified atom stereocenters. The third-order valence-corrected chi connectivity index (χ3v) is 5.84. The monoisotopic (exact) mass is 394 g/mol. The average Bonchev–Trinajstić information content (AvgIpc) is 3.08. The highest BCUT2D eigenvalue weighted by Crippen LogP contribution is 2.40. The van der Waals surface area contributed by atoms with Crippen molar-refractivity contribution in [2.75, 3.05) is 7.11 Å². The molecule has 0 fully saturated rings. The number of phenolic OH excluding ortho intramolecular Hbond substituents is 1. The van der Waals surface area contributed by atoms with E-state index >= 15 is 0 Å². The molecule has 2 aliphatic heterocycles. The minimum absolute atomic E-state index is 0.0811. The van der Waals surface area contributed by atoms with Crippen LogP contribution in [0, 0.1) is 0 Å². The third-order valence-electron chi connectivity index (χ3n) is 5.84. The summed E-state index contributed by atoms with van der Waals surface area (Å²) in [5.41, 5.74) is 0.540. The van der Waals surface area contributed by atoms with Gasteiger partial charge in [-0.05, 0) is 30.7 Å². The summed E-state index contributed by atoms with van der Waals surface area (Å²) in [5.74, 6) is -0.544. The molecule has 0 saturated carbocycles. The number of rotatable bonds is 2. The van der Waals surface area contributed by atoms with Crippen LogP contribution in [-0.4, -0.2) is 32.8 Å². The van der Waals surface area contributed by atoms with Crippen molar-refractivity contribution in [1.82, 2.24) is 9.55 Å². The van der Waals surface area contributed by atoms with E-state index in [1.54, 1.807) is 29.7 Å². The number of phenols is 1. The molecule has 148 valence electrons. The maximum atomic E-state index is 13.1. The van der Waals surface area contributed by atoms with Crippen LogP contribution in [0.2, 0.25) is 0 Å². The van der Waals surface area contributed by atoms with Gasteiger partial charge in [0, 0.05) is 16.5 Å². The molecule has 2 aliphatic rings. The Morgan fingerprint density at radius 3 is 2.83 bits per heavy atom. The molecule has 3 aromatic rings. The summed E-state index contributed by atoms with van der Waals surface area (Å²) in [5, 5.41) is 22.1. The van der Waals surface area contributed by atoms with Crippen molar-refractivity contribution in [2.45, 2.75) is 32.1 Å². The van der Waals surface area contributed by atoms with Crippen LogP contribution in [-0.2, 0) is 28.3 Å². The second kappa shape index (κ2) is 5.81. The first-order valence-corrected chi connectivity index (χ1v) is 9.25. The Bertz CT molecular complexity index is 1280. The minimum Gasteiger partial charge on any atom is -0.503 e. The van der Waals surface area contributed by atoms with Gasteiger partial charge in [0.15, 0.2) is 17.1 Å².